The Kier molecular flexibility index (Phi) is 6.59. The van der Waals surface area contributed by atoms with E-state index in [1.165, 1.54) is 40.7 Å². The van der Waals surface area contributed by atoms with E-state index in [0.29, 0.717) is 17.9 Å². The first-order chi connectivity index (χ1) is 14.0. The molecule has 1 aliphatic rings. The second-order valence-corrected chi connectivity index (χ2v) is 9.09. The molecule has 162 valence electrons. The van der Waals surface area contributed by atoms with Crippen molar-refractivity contribution in [1.29, 1.82) is 0 Å². The van der Waals surface area contributed by atoms with E-state index < -0.39 is 34.0 Å². The lowest BCUT2D eigenvalue weighted by Gasteiger charge is -2.31. The smallest absolute Gasteiger partial charge is 0.406 e. The molecule has 1 N–H and O–H groups in total. The van der Waals surface area contributed by atoms with E-state index in [1.54, 1.807) is 0 Å². The van der Waals surface area contributed by atoms with Gasteiger partial charge in [-0.15, -0.1) is 13.2 Å². The first kappa shape index (κ1) is 22.4. The Morgan fingerprint density at radius 2 is 1.73 bits per heavy atom. The van der Waals surface area contributed by atoms with E-state index in [2.05, 4.69) is 10.1 Å². The molecular formula is C19H18ClF3N2O4S. The van der Waals surface area contributed by atoms with Crippen LogP contribution < -0.4 is 10.1 Å². The summed E-state index contributed by atoms with van der Waals surface area (Å²) in [5.74, 6) is -1.40. The third-order valence-corrected chi connectivity index (χ3v) is 6.69. The molecule has 30 heavy (non-hydrogen) atoms. The number of piperidine rings is 1. The Morgan fingerprint density at radius 3 is 2.33 bits per heavy atom. The summed E-state index contributed by atoms with van der Waals surface area (Å²) in [4.78, 5) is 12.7. The van der Waals surface area contributed by atoms with Gasteiger partial charge in [0.05, 0.1) is 10.8 Å². The van der Waals surface area contributed by atoms with Gasteiger partial charge in [0, 0.05) is 23.8 Å². The Balaban J connectivity index is 1.65. The summed E-state index contributed by atoms with van der Waals surface area (Å²) in [6, 6.07) is 10.5. The summed E-state index contributed by atoms with van der Waals surface area (Å²) < 4.78 is 67.3. The van der Waals surface area contributed by atoms with Crippen LogP contribution in [0.25, 0.3) is 0 Å². The average molecular weight is 463 g/mol. The number of halogens is 4. The van der Waals surface area contributed by atoms with Crippen LogP contribution in [0.15, 0.2) is 53.4 Å². The number of amides is 1. The van der Waals surface area contributed by atoms with Crippen LogP contribution in [0.2, 0.25) is 5.02 Å². The van der Waals surface area contributed by atoms with Gasteiger partial charge in [0.1, 0.15) is 5.75 Å². The maximum absolute atomic E-state index is 12.8. The van der Waals surface area contributed by atoms with Crippen LogP contribution in [0.5, 0.6) is 5.75 Å². The lowest BCUT2D eigenvalue weighted by atomic mass is 9.99. The first-order valence-electron chi connectivity index (χ1n) is 8.97. The Labute approximate surface area is 176 Å². The van der Waals surface area contributed by atoms with Crippen LogP contribution in [0.4, 0.5) is 18.9 Å². The van der Waals surface area contributed by atoms with Crippen LogP contribution in [-0.4, -0.2) is 38.1 Å². The number of sulfonamides is 1. The molecule has 6 nitrogen and oxygen atoms in total. The largest absolute Gasteiger partial charge is 0.573 e. The monoisotopic (exact) mass is 462 g/mol. The van der Waals surface area contributed by atoms with Crippen LogP contribution in [-0.2, 0) is 14.8 Å². The van der Waals surface area contributed by atoms with Gasteiger partial charge >= 0.3 is 6.36 Å². The van der Waals surface area contributed by atoms with Gasteiger partial charge in [-0.25, -0.2) is 8.42 Å². The lowest BCUT2D eigenvalue weighted by molar-refractivity contribution is -0.274. The molecule has 0 unspecified atom stereocenters. The first-order valence-corrected chi connectivity index (χ1v) is 10.8. The molecule has 2 aromatic carbocycles. The van der Waals surface area contributed by atoms with E-state index in [1.807, 2.05) is 0 Å². The minimum atomic E-state index is -4.80. The van der Waals surface area contributed by atoms with Gasteiger partial charge in [0.25, 0.3) is 0 Å². The minimum Gasteiger partial charge on any atom is -0.406 e. The normalized spacial score (nSPS) is 18.1. The van der Waals surface area contributed by atoms with Gasteiger partial charge in [0.15, 0.2) is 0 Å². The van der Waals surface area contributed by atoms with Crippen molar-refractivity contribution in [3.8, 4) is 5.75 Å². The zero-order valence-electron chi connectivity index (χ0n) is 15.5. The molecule has 11 heteroatoms. The number of nitrogens with zero attached hydrogens (tertiary/aromatic N) is 1. The van der Waals surface area contributed by atoms with Gasteiger partial charge in [-0.05, 0) is 61.4 Å². The topological polar surface area (TPSA) is 75.7 Å². The lowest BCUT2D eigenvalue weighted by Crippen LogP contribution is -2.43. The number of rotatable bonds is 5. The fourth-order valence-electron chi connectivity index (χ4n) is 3.11. The number of ether oxygens (including phenoxy) is 1. The molecule has 0 bridgehead atoms. The predicted molar refractivity (Wildman–Crippen MR) is 105 cm³/mol. The highest BCUT2D eigenvalue weighted by molar-refractivity contribution is 7.89. The number of carbonyl (C=O) groups is 1. The number of nitrogens with one attached hydrogen (secondary N) is 1. The SMILES string of the molecule is O=C(Nc1ccc(OC(F)(F)F)cc1)[C@H]1CCCN(S(=O)(=O)c2ccc(Cl)cc2)C1. The van der Waals surface area contributed by atoms with Crippen molar-refractivity contribution in [3.63, 3.8) is 0 Å². The molecule has 3 rings (SSSR count). The predicted octanol–water partition coefficient (Wildman–Crippen LogP) is 4.28. The molecule has 1 amide bonds. The fourth-order valence-corrected chi connectivity index (χ4v) is 4.76. The summed E-state index contributed by atoms with van der Waals surface area (Å²) in [6.07, 6.45) is -3.80. The molecule has 0 aromatic heterocycles. The van der Waals surface area contributed by atoms with Crippen molar-refractivity contribution in [2.24, 2.45) is 5.92 Å². The highest BCUT2D eigenvalue weighted by Gasteiger charge is 2.33. The van der Waals surface area contributed by atoms with Crippen LogP contribution in [0, 0.1) is 5.92 Å². The van der Waals surface area contributed by atoms with E-state index in [4.69, 9.17) is 11.6 Å². The van der Waals surface area contributed by atoms with Crippen LogP contribution >= 0.6 is 11.6 Å². The number of anilines is 1. The Bertz CT molecular complexity index is 996. The quantitative estimate of drug-likeness (QED) is 0.719. The highest BCUT2D eigenvalue weighted by atomic mass is 35.5. The molecule has 2 aromatic rings. The van der Waals surface area contributed by atoms with Gasteiger partial charge in [-0.3, -0.25) is 4.79 Å². The third-order valence-electron chi connectivity index (χ3n) is 4.56. The summed E-state index contributed by atoms with van der Waals surface area (Å²) in [7, 11) is -3.77. The summed E-state index contributed by atoms with van der Waals surface area (Å²) in [5, 5.41) is 3.02. The van der Waals surface area contributed by atoms with Gasteiger partial charge < -0.3 is 10.1 Å². The Hall–Kier alpha value is -2.30. The van der Waals surface area contributed by atoms with Crippen molar-refractivity contribution in [1.82, 2.24) is 4.31 Å². The van der Waals surface area contributed by atoms with Crippen molar-refractivity contribution < 1.29 is 31.1 Å². The molecule has 1 heterocycles. The summed E-state index contributed by atoms with van der Waals surface area (Å²) in [5.41, 5.74) is 0.284. The maximum atomic E-state index is 12.8. The fraction of sp³-hybridized carbons (Fsp3) is 0.316. The molecule has 0 aliphatic carbocycles. The molecule has 1 fully saturated rings. The number of hydrogen-bond acceptors (Lipinski definition) is 4. The molecule has 1 atom stereocenters. The van der Waals surface area contributed by atoms with Crippen molar-refractivity contribution in [2.75, 3.05) is 18.4 Å². The number of hydrogen-bond donors (Lipinski definition) is 1. The molecule has 1 aliphatic heterocycles. The summed E-state index contributed by atoms with van der Waals surface area (Å²) in [6.45, 7) is 0.296. The highest BCUT2D eigenvalue weighted by Crippen LogP contribution is 2.27. The van der Waals surface area contributed by atoms with Crippen molar-refractivity contribution >= 4 is 33.2 Å². The van der Waals surface area contributed by atoms with Gasteiger partial charge in [0.2, 0.25) is 15.9 Å². The minimum absolute atomic E-state index is 0.00601. The molecule has 1 saturated heterocycles. The van der Waals surface area contributed by atoms with Gasteiger partial charge in [-0.1, -0.05) is 11.6 Å². The standard InChI is InChI=1S/C19H18ClF3N2O4S/c20-14-3-9-17(10-4-14)30(27,28)25-11-1-2-13(12-25)18(26)24-15-5-7-16(8-6-15)29-19(21,22)23/h3-10,13H,1-2,11-12H2,(H,24,26)/t13-/m0/s1. The van der Waals surface area contributed by atoms with E-state index >= 15 is 0 Å². The Morgan fingerprint density at radius 1 is 1.10 bits per heavy atom. The van der Waals surface area contributed by atoms with Crippen LogP contribution in [0.1, 0.15) is 12.8 Å². The zero-order valence-corrected chi connectivity index (χ0v) is 17.1. The van der Waals surface area contributed by atoms with E-state index in [0.717, 1.165) is 12.1 Å². The number of benzene rings is 2. The molecular weight excluding hydrogens is 445 g/mol. The van der Waals surface area contributed by atoms with Crippen molar-refractivity contribution in [3.05, 3.63) is 53.6 Å². The van der Waals surface area contributed by atoms with E-state index in [9.17, 15) is 26.4 Å². The second kappa shape index (κ2) is 8.83. The second-order valence-electron chi connectivity index (χ2n) is 6.72. The number of carbonyl (C=O) groups excluding carboxylic acids is 1. The number of alkyl halides is 3. The van der Waals surface area contributed by atoms with Gasteiger partial charge in [-0.2, -0.15) is 4.31 Å². The van der Waals surface area contributed by atoms with E-state index in [-0.39, 0.29) is 23.7 Å². The molecule has 0 spiro atoms. The third kappa shape index (κ3) is 5.65. The van der Waals surface area contributed by atoms with Crippen molar-refractivity contribution in [2.45, 2.75) is 24.1 Å². The zero-order chi connectivity index (χ0) is 21.9. The average Bonchev–Trinajstić information content (AvgIpc) is 2.69. The molecule has 0 saturated carbocycles. The summed E-state index contributed by atoms with van der Waals surface area (Å²) >= 11 is 5.81. The maximum Gasteiger partial charge on any atom is 0.573 e. The molecule has 0 radical (unpaired) electrons. The van der Waals surface area contributed by atoms with Crippen LogP contribution in [0.3, 0.4) is 0 Å².